The van der Waals surface area contributed by atoms with Crippen LogP contribution in [0.2, 0.25) is 0 Å². The van der Waals surface area contributed by atoms with Gasteiger partial charge in [0.25, 0.3) is 0 Å². The Kier molecular flexibility index (Phi) is 4.55. The van der Waals surface area contributed by atoms with Crippen LogP contribution in [0.25, 0.3) is 0 Å². The van der Waals surface area contributed by atoms with E-state index in [0.29, 0.717) is 5.56 Å². The van der Waals surface area contributed by atoms with E-state index in [0.717, 1.165) is 30.5 Å². The van der Waals surface area contributed by atoms with E-state index in [1.165, 1.54) is 44.7 Å². The molecule has 2 fully saturated rings. The fourth-order valence-corrected chi connectivity index (χ4v) is 4.09. The molecule has 1 saturated carbocycles. The van der Waals surface area contributed by atoms with Gasteiger partial charge in [0.05, 0.1) is 0 Å². The lowest BCUT2D eigenvalue weighted by Gasteiger charge is -2.41. The quantitative estimate of drug-likeness (QED) is 0.867. The predicted molar refractivity (Wildman–Crippen MR) is 87.6 cm³/mol. The third kappa shape index (κ3) is 3.43. The Hall–Kier alpha value is -1.00. The molecule has 2 aliphatic rings. The van der Waals surface area contributed by atoms with Crippen molar-refractivity contribution in [3.8, 4) is 0 Å². The lowest BCUT2D eigenvalue weighted by atomic mass is 9.75. The number of benzene rings is 1. The van der Waals surface area contributed by atoms with Gasteiger partial charge >= 0.3 is 0 Å². The molecule has 114 valence electrons. The molecule has 1 aromatic carbocycles. The van der Waals surface area contributed by atoms with Gasteiger partial charge in [0.15, 0.2) is 0 Å². The molecule has 0 amide bonds. The van der Waals surface area contributed by atoms with Crippen LogP contribution >= 0.6 is 12.2 Å². The molecule has 3 rings (SSSR count). The van der Waals surface area contributed by atoms with E-state index in [2.05, 4.69) is 4.90 Å². The van der Waals surface area contributed by atoms with Gasteiger partial charge in [0.1, 0.15) is 10.8 Å². The Morgan fingerprint density at radius 3 is 2.76 bits per heavy atom. The smallest absolute Gasteiger partial charge is 0.133 e. The molecule has 1 heterocycles. The van der Waals surface area contributed by atoms with Crippen LogP contribution in [0.15, 0.2) is 18.2 Å². The van der Waals surface area contributed by atoms with E-state index >= 15 is 0 Å². The Bertz CT molecular complexity index is 532. The van der Waals surface area contributed by atoms with Crippen molar-refractivity contribution in [3.05, 3.63) is 35.1 Å². The number of fused-ring (bicyclic) bond motifs is 1. The predicted octanol–water partition coefficient (Wildman–Crippen LogP) is 3.47. The summed E-state index contributed by atoms with van der Waals surface area (Å²) < 4.78 is 13.6. The Labute approximate surface area is 131 Å². The second-order valence-electron chi connectivity index (χ2n) is 6.51. The highest BCUT2D eigenvalue weighted by Gasteiger charge is 2.30. The van der Waals surface area contributed by atoms with Crippen LogP contribution in [0.3, 0.4) is 0 Å². The highest BCUT2D eigenvalue weighted by molar-refractivity contribution is 7.80. The van der Waals surface area contributed by atoms with Crippen molar-refractivity contribution < 1.29 is 4.39 Å². The number of nitrogens with two attached hydrogens (primary N) is 1. The zero-order valence-corrected chi connectivity index (χ0v) is 13.2. The summed E-state index contributed by atoms with van der Waals surface area (Å²) in [5.74, 6) is 1.48. The van der Waals surface area contributed by atoms with E-state index in [9.17, 15) is 4.39 Å². The summed E-state index contributed by atoms with van der Waals surface area (Å²) in [6.07, 6.45) is 6.91. The van der Waals surface area contributed by atoms with Crippen LogP contribution < -0.4 is 5.73 Å². The summed E-state index contributed by atoms with van der Waals surface area (Å²) in [5.41, 5.74) is 7.06. The maximum atomic E-state index is 13.6. The summed E-state index contributed by atoms with van der Waals surface area (Å²) in [7, 11) is 0. The van der Waals surface area contributed by atoms with Gasteiger partial charge < -0.3 is 5.73 Å². The fourth-order valence-electron chi connectivity index (χ4n) is 3.94. The van der Waals surface area contributed by atoms with E-state index < -0.39 is 0 Å². The standard InChI is InChI=1S/C17H23FN2S/c18-16-6-5-12(9-15(16)17(19)21)10-20-8-7-13-3-1-2-4-14(13)11-20/h5-6,9,13-14H,1-4,7-8,10-11H2,(H2,19,21). The first-order chi connectivity index (χ1) is 10.1. The normalized spacial score (nSPS) is 26.3. The molecule has 2 unspecified atom stereocenters. The van der Waals surface area contributed by atoms with Crippen molar-refractivity contribution >= 4 is 17.2 Å². The zero-order chi connectivity index (χ0) is 14.8. The third-order valence-corrected chi connectivity index (χ3v) is 5.30. The monoisotopic (exact) mass is 306 g/mol. The number of halogens is 1. The molecule has 1 aliphatic carbocycles. The number of nitrogens with zero attached hydrogens (tertiary/aromatic N) is 1. The average Bonchev–Trinajstić information content (AvgIpc) is 2.49. The molecular formula is C17H23FN2S. The largest absolute Gasteiger partial charge is 0.389 e. The zero-order valence-electron chi connectivity index (χ0n) is 12.4. The van der Waals surface area contributed by atoms with Crippen molar-refractivity contribution in [2.45, 2.75) is 38.6 Å². The van der Waals surface area contributed by atoms with Gasteiger partial charge in [-0.1, -0.05) is 37.5 Å². The summed E-state index contributed by atoms with van der Waals surface area (Å²) in [6.45, 7) is 3.21. The summed E-state index contributed by atoms with van der Waals surface area (Å²) in [5, 5.41) is 0. The van der Waals surface area contributed by atoms with Gasteiger partial charge in [-0.2, -0.15) is 0 Å². The Morgan fingerprint density at radius 1 is 1.24 bits per heavy atom. The minimum absolute atomic E-state index is 0.139. The molecular weight excluding hydrogens is 283 g/mol. The second-order valence-corrected chi connectivity index (χ2v) is 6.95. The first kappa shape index (κ1) is 14.9. The van der Waals surface area contributed by atoms with Crippen LogP contribution in [0, 0.1) is 17.7 Å². The van der Waals surface area contributed by atoms with Crippen molar-refractivity contribution in [3.63, 3.8) is 0 Å². The van der Waals surface area contributed by atoms with Gasteiger partial charge in [0, 0.05) is 18.7 Å². The SMILES string of the molecule is NC(=S)c1cc(CN2CCC3CCCCC3C2)ccc1F. The molecule has 2 nitrogen and oxygen atoms in total. The maximum Gasteiger partial charge on any atom is 0.133 e. The molecule has 2 N–H and O–H groups in total. The van der Waals surface area contributed by atoms with Gasteiger partial charge in [0.2, 0.25) is 0 Å². The van der Waals surface area contributed by atoms with Crippen LogP contribution in [0.5, 0.6) is 0 Å². The lowest BCUT2D eigenvalue weighted by molar-refractivity contribution is 0.0820. The molecule has 2 atom stereocenters. The van der Waals surface area contributed by atoms with Crippen molar-refractivity contribution in [1.29, 1.82) is 0 Å². The van der Waals surface area contributed by atoms with E-state index in [-0.39, 0.29) is 10.8 Å². The minimum atomic E-state index is -0.322. The highest BCUT2D eigenvalue weighted by atomic mass is 32.1. The van der Waals surface area contributed by atoms with Gasteiger partial charge in [-0.15, -0.1) is 0 Å². The fraction of sp³-hybridized carbons (Fsp3) is 0.588. The van der Waals surface area contributed by atoms with Gasteiger partial charge in [-0.25, -0.2) is 4.39 Å². The number of thiocarbonyl (C=S) groups is 1. The molecule has 0 radical (unpaired) electrons. The first-order valence-electron chi connectivity index (χ1n) is 7.94. The summed E-state index contributed by atoms with van der Waals surface area (Å²) in [4.78, 5) is 2.64. The van der Waals surface area contributed by atoms with Crippen LogP contribution in [-0.4, -0.2) is 23.0 Å². The molecule has 1 aromatic rings. The van der Waals surface area contributed by atoms with Crippen molar-refractivity contribution in [2.75, 3.05) is 13.1 Å². The lowest BCUT2D eigenvalue weighted by Crippen LogP contribution is -2.41. The molecule has 0 spiro atoms. The number of rotatable bonds is 3. The number of piperidine rings is 1. The van der Waals surface area contributed by atoms with Gasteiger partial charge in [-0.05, 0) is 48.9 Å². The first-order valence-corrected chi connectivity index (χ1v) is 8.35. The van der Waals surface area contributed by atoms with Crippen molar-refractivity contribution in [1.82, 2.24) is 4.90 Å². The van der Waals surface area contributed by atoms with Gasteiger partial charge in [-0.3, -0.25) is 4.90 Å². The third-order valence-electron chi connectivity index (χ3n) is 5.08. The molecule has 1 aliphatic heterocycles. The Morgan fingerprint density at radius 2 is 2.00 bits per heavy atom. The number of hydrogen-bond acceptors (Lipinski definition) is 2. The molecule has 21 heavy (non-hydrogen) atoms. The minimum Gasteiger partial charge on any atom is -0.389 e. The van der Waals surface area contributed by atoms with Crippen LogP contribution in [0.4, 0.5) is 4.39 Å². The van der Waals surface area contributed by atoms with Crippen LogP contribution in [0.1, 0.15) is 43.2 Å². The summed E-state index contributed by atoms with van der Waals surface area (Å²) in [6, 6.07) is 5.14. The van der Waals surface area contributed by atoms with E-state index in [1.807, 2.05) is 12.1 Å². The maximum absolute atomic E-state index is 13.6. The average molecular weight is 306 g/mol. The molecule has 1 saturated heterocycles. The van der Waals surface area contributed by atoms with E-state index in [4.69, 9.17) is 18.0 Å². The van der Waals surface area contributed by atoms with E-state index in [1.54, 1.807) is 0 Å². The Balaban J connectivity index is 1.66. The topological polar surface area (TPSA) is 29.3 Å². The van der Waals surface area contributed by atoms with Crippen LogP contribution in [-0.2, 0) is 6.54 Å². The van der Waals surface area contributed by atoms with Crippen molar-refractivity contribution in [2.24, 2.45) is 17.6 Å². The number of likely N-dealkylation sites (tertiary alicyclic amines) is 1. The molecule has 4 heteroatoms. The molecule has 0 bridgehead atoms. The highest BCUT2D eigenvalue weighted by Crippen LogP contribution is 2.36. The second kappa shape index (κ2) is 6.41. The summed E-state index contributed by atoms with van der Waals surface area (Å²) >= 11 is 4.91. The molecule has 0 aromatic heterocycles. The number of hydrogen-bond donors (Lipinski definition) is 1.